The Labute approximate surface area is 116 Å². The fourth-order valence-electron chi connectivity index (χ4n) is 2.15. The van der Waals surface area contributed by atoms with E-state index in [9.17, 15) is 4.79 Å². The molecule has 0 aromatic carbocycles. The predicted molar refractivity (Wildman–Crippen MR) is 71.2 cm³/mol. The van der Waals surface area contributed by atoms with Crippen LogP contribution in [0.15, 0.2) is 42.9 Å². The van der Waals surface area contributed by atoms with Gasteiger partial charge in [-0.05, 0) is 12.1 Å². The van der Waals surface area contributed by atoms with Gasteiger partial charge in [-0.25, -0.2) is 15.0 Å². The fourth-order valence-corrected chi connectivity index (χ4v) is 2.15. The van der Waals surface area contributed by atoms with Crippen LogP contribution in [0.5, 0.6) is 5.88 Å². The van der Waals surface area contributed by atoms with Crippen molar-refractivity contribution in [2.45, 2.75) is 12.5 Å². The van der Waals surface area contributed by atoms with Crippen LogP contribution in [0.25, 0.3) is 0 Å². The van der Waals surface area contributed by atoms with E-state index in [1.807, 2.05) is 18.2 Å². The minimum atomic E-state index is -0.155. The van der Waals surface area contributed by atoms with Crippen molar-refractivity contribution < 1.29 is 9.53 Å². The van der Waals surface area contributed by atoms with Crippen molar-refractivity contribution in [3.8, 4) is 5.88 Å². The quantitative estimate of drug-likeness (QED) is 0.837. The van der Waals surface area contributed by atoms with E-state index in [-0.39, 0.29) is 17.8 Å². The highest BCUT2D eigenvalue weighted by Crippen LogP contribution is 2.17. The molecule has 2 aromatic rings. The zero-order valence-electron chi connectivity index (χ0n) is 10.8. The third-order valence-corrected chi connectivity index (χ3v) is 3.11. The molecule has 0 bridgehead atoms. The van der Waals surface area contributed by atoms with E-state index >= 15 is 0 Å². The lowest BCUT2D eigenvalue weighted by Gasteiger charge is -2.15. The van der Waals surface area contributed by atoms with Gasteiger partial charge >= 0.3 is 0 Å². The van der Waals surface area contributed by atoms with Crippen molar-refractivity contribution in [2.75, 3.05) is 13.1 Å². The topological polar surface area (TPSA) is 68.2 Å². The number of ether oxygens (including phenoxy) is 1. The molecule has 0 spiro atoms. The molecule has 2 aromatic heterocycles. The van der Waals surface area contributed by atoms with Gasteiger partial charge in [-0.2, -0.15) is 0 Å². The van der Waals surface area contributed by atoms with Gasteiger partial charge in [0, 0.05) is 37.6 Å². The molecule has 1 saturated heterocycles. The molecule has 0 radical (unpaired) electrons. The van der Waals surface area contributed by atoms with Gasteiger partial charge in [0.15, 0.2) is 0 Å². The molecular formula is C14H14N4O2. The number of rotatable bonds is 3. The first-order valence-electron chi connectivity index (χ1n) is 6.47. The van der Waals surface area contributed by atoms with Crippen LogP contribution in [0.3, 0.4) is 0 Å². The van der Waals surface area contributed by atoms with Crippen LogP contribution in [0.2, 0.25) is 0 Å². The van der Waals surface area contributed by atoms with Crippen molar-refractivity contribution in [1.82, 2.24) is 19.9 Å². The van der Waals surface area contributed by atoms with E-state index in [4.69, 9.17) is 4.74 Å². The summed E-state index contributed by atoms with van der Waals surface area (Å²) in [5, 5.41) is 0. The summed E-state index contributed by atoms with van der Waals surface area (Å²) >= 11 is 0. The van der Waals surface area contributed by atoms with Crippen molar-refractivity contribution in [2.24, 2.45) is 0 Å². The van der Waals surface area contributed by atoms with E-state index in [1.165, 1.54) is 0 Å². The fraction of sp³-hybridized carbons (Fsp3) is 0.286. The van der Waals surface area contributed by atoms with Gasteiger partial charge in [-0.15, -0.1) is 0 Å². The van der Waals surface area contributed by atoms with Crippen molar-refractivity contribution in [3.63, 3.8) is 0 Å². The number of carbonyl (C=O) groups excluding carboxylic acids is 1. The average Bonchev–Trinajstić information content (AvgIpc) is 2.97. The first-order valence-corrected chi connectivity index (χ1v) is 6.47. The molecule has 3 rings (SSSR count). The second-order valence-corrected chi connectivity index (χ2v) is 4.52. The molecular weight excluding hydrogens is 256 g/mol. The van der Waals surface area contributed by atoms with Gasteiger partial charge in [0.1, 0.15) is 6.10 Å². The summed E-state index contributed by atoms with van der Waals surface area (Å²) < 4.78 is 5.75. The van der Waals surface area contributed by atoms with Gasteiger partial charge in [0.05, 0.1) is 6.54 Å². The molecule has 0 aliphatic carbocycles. The summed E-state index contributed by atoms with van der Waals surface area (Å²) in [7, 11) is 0. The summed E-state index contributed by atoms with van der Waals surface area (Å²) in [6, 6.07) is 7.21. The number of aromatic nitrogens is 3. The third kappa shape index (κ3) is 2.74. The molecule has 102 valence electrons. The largest absolute Gasteiger partial charge is 0.472 e. The normalized spacial score (nSPS) is 18.0. The van der Waals surface area contributed by atoms with Crippen molar-refractivity contribution >= 4 is 5.91 Å². The molecule has 6 heteroatoms. The van der Waals surface area contributed by atoms with E-state index in [2.05, 4.69) is 15.0 Å². The van der Waals surface area contributed by atoms with Crippen molar-refractivity contribution in [3.05, 3.63) is 48.7 Å². The Morgan fingerprint density at radius 3 is 2.70 bits per heavy atom. The highest BCUT2D eigenvalue weighted by Gasteiger charge is 2.29. The van der Waals surface area contributed by atoms with Crippen LogP contribution >= 0.6 is 0 Å². The van der Waals surface area contributed by atoms with E-state index in [0.29, 0.717) is 19.0 Å². The number of hydrogen-bond donors (Lipinski definition) is 0. The van der Waals surface area contributed by atoms with Gasteiger partial charge in [-0.3, -0.25) is 4.79 Å². The summed E-state index contributed by atoms with van der Waals surface area (Å²) in [5.41, 5.74) is 0. The maximum atomic E-state index is 12.2. The molecule has 20 heavy (non-hydrogen) atoms. The Bertz CT molecular complexity index is 576. The number of carbonyl (C=O) groups is 1. The van der Waals surface area contributed by atoms with Gasteiger partial charge in [0.2, 0.25) is 11.7 Å². The lowest BCUT2D eigenvalue weighted by molar-refractivity contribution is 0.0759. The van der Waals surface area contributed by atoms with Gasteiger partial charge in [0.25, 0.3) is 5.91 Å². The first kappa shape index (κ1) is 12.5. The van der Waals surface area contributed by atoms with E-state index in [1.54, 1.807) is 29.6 Å². The molecule has 0 saturated carbocycles. The van der Waals surface area contributed by atoms with Crippen LogP contribution in [0.1, 0.15) is 17.0 Å². The number of nitrogens with zero attached hydrogens (tertiary/aromatic N) is 4. The predicted octanol–water partition coefficient (Wildman–Crippen LogP) is 1.17. The minimum absolute atomic E-state index is 0.0300. The van der Waals surface area contributed by atoms with Gasteiger partial charge < -0.3 is 9.64 Å². The number of pyridine rings is 1. The summed E-state index contributed by atoms with van der Waals surface area (Å²) in [5.74, 6) is 0.659. The molecule has 1 unspecified atom stereocenters. The van der Waals surface area contributed by atoms with Gasteiger partial charge in [-0.1, -0.05) is 6.07 Å². The molecule has 6 nitrogen and oxygen atoms in total. The Kier molecular flexibility index (Phi) is 3.54. The smallest absolute Gasteiger partial charge is 0.291 e. The first-order chi connectivity index (χ1) is 9.83. The average molecular weight is 270 g/mol. The molecule has 1 atom stereocenters. The zero-order chi connectivity index (χ0) is 13.8. The van der Waals surface area contributed by atoms with Crippen LogP contribution in [-0.2, 0) is 0 Å². The highest BCUT2D eigenvalue weighted by molar-refractivity contribution is 5.90. The maximum absolute atomic E-state index is 12.2. The second kappa shape index (κ2) is 5.64. The minimum Gasteiger partial charge on any atom is -0.472 e. The van der Waals surface area contributed by atoms with Crippen LogP contribution in [-0.4, -0.2) is 45.0 Å². The number of hydrogen-bond acceptors (Lipinski definition) is 5. The Hall–Kier alpha value is -2.50. The Balaban J connectivity index is 1.61. The van der Waals surface area contributed by atoms with Crippen LogP contribution in [0.4, 0.5) is 0 Å². The Morgan fingerprint density at radius 1 is 1.15 bits per heavy atom. The summed E-state index contributed by atoms with van der Waals surface area (Å²) in [6.07, 6.45) is 5.58. The second-order valence-electron chi connectivity index (χ2n) is 4.52. The number of likely N-dealkylation sites (tertiary alicyclic amines) is 1. The number of amides is 1. The molecule has 1 aliphatic rings. The summed E-state index contributed by atoms with van der Waals surface area (Å²) in [4.78, 5) is 26.0. The highest BCUT2D eigenvalue weighted by atomic mass is 16.5. The van der Waals surface area contributed by atoms with Crippen LogP contribution < -0.4 is 4.74 Å². The van der Waals surface area contributed by atoms with E-state index < -0.39 is 0 Å². The SMILES string of the molecule is O=C(c1ncccn1)N1CCC(Oc2ccccn2)C1. The molecule has 1 fully saturated rings. The Morgan fingerprint density at radius 2 is 1.95 bits per heavy atom. The zero-order valence-corrected chi connectivity index (χ0v) is 10.8. The molecule has 3 heterocycles. The molecule has 0 N–H and O–H groups in total. The molecule has 1 aliphatic heterocycles. The summed E-state index contributed by atoms with van der Waals surface area (Å²) in [6.45, 7) is 1.18. The monoisotopic (exact) mass is 270 g/mol. The third-order valence-electron chi connectivity index (χ3n) is 3.11. The molecule has 1 amide bonds. The van der Waals surface area contributed by atoms with Crippen LogP contribution in [0, 0.1) is 0 Å². The standard InChI is InChI=1S/C14H14N4O2/c19-14(13-16-7-3-8-17-13)18-9-5-11(10-18)20-12-4-1-2-6-15-12/h1-4,6-8,11H,5,9-10H2. The lowest BCUT2D eigenvalue weighted by Crippen LogP contribution is -2.32. The van der Waals surface area contributed by atoms with E-state index in [0.717, 1.165) is 6.42 Å². The maximum Gasteiger partial charge on any atom is 0.291 e. The lowest BCUT2D eigenvalue weighted by atomic mass is 10.3. The van der Waals surface area contributed by atoms with Crippen molar-refractivity contribution in [1.29, 1.82) is 0 Å².